The minimum atomic E-state index is -4.94. The van der Waals surface area contributed by atoms with Crippen LogP contribution in [0.1, 0.15) is 64.7 Å². The largest absolute Gasteiger partial charge is 0.500 e. The SMILES string of the molecule is CCC[N+](C)(C)CCCCC[Si](OC)(OC)OC.CO[Si](CCCCC(=O)OCCC[N+](C)(C)CCCO)(OC)OC.[O-][Cl+3]([O-])([O-])[O-].[O-][Cl+3]([O-])([O-])[O-]. The van der Waals surface area contributed by atoms with Gasteiger partial charge in [0, 0.05) is 80.6 Å². The summed E-state index contributed by atoms with van der Waals surface area (Å²) in [6.07, 6.45) is 8.42. The van der Waals surface area contributed by atoms with Crippen molar-refractivity contribution >= 4 is 23.6 Å². The van der Waals surface area contributed by atoms with Gasteiger partial charge in [0.2, 0.25) is 0 Å². The monoisotopic (exact) mass is 842 g/mol. The van der Waals surface area contributed by atoms with E-state index < -0.39 is 38.1 Å². The highest BCUT2D eigenvalue weighted by Crippen LogP contribution is 2.18. The maximum atomic E-state index is 11.7. The quantitative estimate of drug-likeness (QED) is 0.0368. The van der Waals surface area contributed by atoms with Crippen LogP contribution in [0.25, 0.3) is 0 Å². The second kappa shape index (κ2) is 31.9. The molecule has 0 aromatic carbocycles. The predicted molar refractivity (Wildman–Crippen MR) is 172 cm³/mol. The first kappa shape index (κ1) is 58.5. The number of esters is 1. The lowest BCUT2D eigenvalue weighted by atomic mass is 10.2. The fourth-order valence-corrected chi connectivity index (χ4v) is 8.45. The summed E-state index contributed by atoms with van der Waals surface area (Å²) in [6.45, 7) is 7.27. The third kappa shape index (κ3) is 42.5. The number of aliphatic hydroxyl groups is 1. The lowest BCUT2D eigenvalue weighted by Gasteiger charge is -2.29. The first-order chi connectivity index (χ1) is 23.8. The van der Waals surface area contributed by atoms with Crippen LogP contribution in [-0.2, 0) is 36.1 Å². The average molecular weight is 844 g/mol. The van der Waals surface area contributed by atoms with Gasteiger partial charge in [0.25, 0.3) is 0 Å². The van der Waals surface area contributed by atoms with Gasteiger partial charge in [0.15, 0.2) is 0 Å². The van der Waals surface area contributed by atoms with Crippen LogP contribution in [0.5, 0.6) is 0 Å². The van der Waals surface area contributed by atoms with Crippen molar-refractivity contribution in [2.75, 3.05) is 110 Å². The molecule has 0 atom stereocenters. The molecule has 0 unspecified atom stereocenters. The number of ether oxygens (including phenoxy) is 1. The van der Waals surface area contributed by atoms with Crippen molar-refractivity contribution in [3.8, 4) is 0 Å². The summed E-state index contributed by atoms with van der Waals surface area (Å²) < 4.78 is 107. The minimum Gasteiger partial charge on any atom is -0.465 e. The normalized spacial score (nSPS) is 12.5. The molecule has 0 aliphatic heterocycles. The maximum absolute atomic E-state index is 11.7. The van der Waals surface area contributed by atoms with Crippen LogP contribution in [0.3, 0.4) is 0 Å². The van der Waals surface area contributed by atoms with E-state index in [1.54, 1.807) is 42.7 Å². The Kier molecular flexibility index (Phi) is 35.9. The van der Waals surface area contributed by atoms with Gasteiger partial charge in [-0.2, -0.15) is 0 Å². The van der Waals surface area contributed by atoms with Crippen molar-refractivity contribution in [2.45, 2.75) is 76.8 Å². The number of halogens is 2. The van der Waals surface area contributed by atoms with Crippen LogP contribution in [0.4, 0.5) is 0 Å². The molecule has 52 heavy (non-hydrogen) atoms. The van der Waals surface area contributed by atoms with Crippen molar-refractivity contribution < 1.29 is 108 Å². The van der Waals surface area contributed by atoms with Gasteiger partial charge in [-0.15, -0.1) is 20.5 Å². The molecule has 0 amide bonds. The molecule has 0 radical (unpaired) electrons. The van der Waals surface area contributed by atoms with E-state index in [1.807, 2.05) is 0 Å². The molecule has 0 heterocycles. The zero-order valence-electron chi connectivity index (χ0n) is 33.2. The van der Waals surface area contributed by atoms with Gasteiger partial charge in [-0.3, -0.25) is 4.79 Å². The molecule has 1 N–H and O–H groups in total. The van der Waals surface area contributed by atoms with Gasteiger partial charge >= 0.3 is 23.6 Å². The van der Waals surface area contributed by atoms with Crippen molar-refractivity contribution in [1.29, 1.82) is 0 Å². The predicted octanol–water partition coefficient (Wildman–Crippen LogP) is -5.56. The van der Waals surface area contributed by atoms with Crippen LogP contribution in [0.2, 0.25) is 12.1 Å². The van der Waals surface area contributed by atoms with Gasteiger partial charge in [-0.1, -0.05) is 6.92 Å². The van der Waals surface area contributed by atoms with E-state index in [0.717, 1.165) is 60.2 Å². The standard InChI is InChI=1S/C16H36NO6Si.C13H32NO3Si.2ClHO4/c1-17(2,11-8-13-18)12-9-14-23-16(19)10-6-7-15-24(20-3,21-4)22-5;1-7-11-14(2,3)12-9-8-10-13-18(15-4,16-5)17-6;2*2-1(3,4)5/h18H,6-15H2,1-5H3;7-13H2,1-6H3;2*(H,2,3,4,5)/q2*+1;;/p-2. The Bertz CT molecular complexity index is 794. The molecule has 0 aliphatic carbocycles. The van der Waals surface area contributed by atoms with Gasteiger partial charge in [0.1, 0.15) is 0 Å². The highest BCUT2D eigenvalue weighted by Gasteiger charge is 2.37. The second-order valence-electron chi connectivity index (χ2n) is 12.8. The average Bonchev–Trinajstić information content (AvgIpc) is 3.03. The number of carbonyl (C=O) groups excluding carboxylic acids is 1. The molecular weight excluding hydrogens is 775 g/mol. The molecule has 0 saturated heterocycles. The Labute approximate surface area is 317 Å². The Morgan fingerprint density at radius 3 is 1.27 bits per heavy atom. The fraction of sp³-hybridized carbons (Fsp3) is 0.966. The van der Waals surface area contributed by atoms with Gasteiger partial charge < -0.3 is 45.4 Å². The number of aliphatic hydroxyl groups excluding tert-OH is 1. The lowest BCUT2D eigenvalue weighted by Crippen LogP contribution is -2.68. The van der Waals surface area contributed by atoms with Crippen molar-refractivity contribution in [3.05, 3.63) is 0 Å². The van der Waals surface area contributed by atoms with Crippen LogP contribution in [-0.4, -0.2) is 148 Å². The van der Waals surface area contributed by atoms with Crippen LogP contribution in [0, 0.1) is 20.5 Å². The molecule has 0 fully saturated rings. The molecular formula is C29H68Cl2N2O17Si2. The fourth-order valence-electron chi connectivity index (χ4n) is 4.86. The van der Waals surface area contributed by atoms with Crippen molar-refractivity contribution in [2.24, 2.45) is 0 Å². The summed E-state index contributed by atoms with van der Waals surface area (Å²) in [5.74, 6) is -0.157. The molecule has 0 rings (SSSR count). The summed E-state index contributed by atoms with van der Waals surface area (Å²) in [5, 5.41) is 8.87. The maximum Gasteiger partial charge on any atom is 0.500 e. The smallest absolute Gasteiger partial charge is 0.465 e. The number of rotatable bonds is 26. The molecule has 0 bridgehead atoms. The molecule has 0 aromatic rings. The lowest BCUT2D eigenvalue weighted by molar-refractivity contribution is -2.00. The third-order valence-electron chi connectivity index (χ3n) is 7.65. The van der Waals surface area contributed by atoms with Crippen LogP contribution in [0.15, 0.2) is 0 Å². The first-order valence-corrected chi connectivity index (χ1v) is 23.1. The summed E-state index contributed by atoms with van der Waals surface area (Å²) >= 11 is 0. The third-order valence-corrected chi connectivity index (χ3v) is 13.3. The number of hydrogen-bond donors (Lipinski definition) is 1. The van der Waals surface area contributed by atoms with Gasteiger partial charge in [-0.25, -0.2) is 37.3 Å². The molecule has 0 aromatic heterocycles. The van der Waals surface area contributed by atoms with Crippen LogP contribution < -0.4 is 37.3 Å². The molecule has 19 nitrogen and oxygen atoms in total. The summed E-state index contributed by atoms with van der Waals surface area (Å²) in [4.78, 5) is 11.7. The molecule has 0 spiro atoms. The Morgan fingerprint density at radius 2 is 0.904 bits per heavy atom. The number of carbonyl (C=O) groups is 1. The highest BCUT2D eigenvalue weighted by atomic mass is 35.7. The Hall–Kier alpha value is -0.196. The first-order valence-electron chi connectivity index (χ1n) is 16.7. The molecule has 0 saturated carbocycles. The van der Waals surface area contributed by atoms with E-state index in [-0.39, 0.29) is 12.6 Å². The number of nitrogens with zero attached hydrogens (tertiary/aromatic N) is 2. The van der Waals surface area contributed by atoms with Crippen molar-refractivity contribution in [1.82, 2.24) is 0 Å². The van der Waals surface area contributed by atoms with E-state index in [2.05, 4.69) is 35.1 Å². The molecule has 0 aliphatic rings. The number of unbranched alkanes of at least 4 members (excludes halogenated alkanes) is 3. The van der Waals surface area contributed by atoms with E-state index in [1.165, 1.54) is 32.4 Å². The van der Waals surface area contributed by atoms with E-state index in [4.69, 9.17) is 73.7 Å². The van der Waals surface area contributed by atoms with E-state index >= 15 is 0 Å². The topological polar surface area (TPSA) is 286 Å². The zero-order chi connectivity index (χ0) is 41.5. The van der Waals surface area contributed by atoms with E-state index in [9.17, 15) is 4.79 Å². The van der Waals surface area contributed by atoms with Gasteiger partial charge in [-0.05, 0) is 38.5 Å². The zero-order valence-corrected chi connectivity index (χ0v) is 36.7. The summed E-state index contributed by atoms with van der Waals surface area (Å²) in [7, 11) is 3.93. The van der Waals surface area contributed by atoms with Crippen LogP contribution >= 0.6 is 0 Å². The molecule has 23 heteroatoms. The highest BCUT2D eigenvalue weighted by molar-refractivity contribution is 6.60. The van der Waals surface area contributed by atoms with E-state index in [0.29, 0.717) is 19.1 Å². The van der Waals surface area contributed by atoms with Gasteiger partial charge in [0.05, 0.1) is 61.0 Å². The summed E-state index contributed by atoms with van der Waals surface area (Å²) in [6, 6.07) is 1.61. The molecule has 318 valence electrons. The second-order valence-corrected chi connectivity index (χ2v) is 20.5. The van der Waals surface area contributed by atoms with Crippen molar-refractivity contribution in [3.63, 3.8) is 0 Å². The Morgan fingerprint density at radius 1 is 0.558 bits per heavy atom. The number of quaternary nitrogens is 2. The Balaban J connectivity index is -0.000000358. The minimum absolute atomic E-state index is 0.157. The number of hydrogen-bond acceptors (Lipinski definition) is 17. The summed E-state index contributed by atoms with van der Waals surface area (Å²) in [5.41, 5.74) is 0.